The van der Waals surface area contributed by atoms with Crippen molar-refractivity contribution in [3.05, 3.63) is 99.0 Å². The summed E-state index contributed by atoms with van der Waals surface area (Å²) in [4.78, 5) is 29.6. The number of benzene rings is 3. The molecule has 224 valence electrons. The van der Waals surface area contributed by atoms with Crippen molar-refractivity contribution < 1.29 is 18.0 Å². The van der Waals surface area contributed by atoms with Crippen LogP contribution in [-0.4, -0.2) is 50.0 Å². The van der Waals surface area contributed by atoms with Crippen LogP contribution >= 0.6 is 23.2 Å². The summed E-state index contributed by atoms with van der Waals surface area (Å²) in [5.74, 6) is -0.837. The molecule has 1 atom stereocenters. The number of hydrogen-bond acceptors (Lipinski definition) is 4. The van der Waals surface area contributed by atoms with Crippen LogP contribution in [0.15, 0.2) is 66.7 Å². The molecule has 1 aliphatic rings. The van der Waals surface area contributed by atoms with Gasteiger partial charge in [-0.15, -0.1) is 0 Å². The van der Waals surface area contributed by atoms with E-state index in [1.165, 1.54) is 4.90 Å². The minimum Gasteiger partial charge on any atom is -0.352 e. The molecule has 3 aromatic rings. The molecule has 3 aromatic carbocycles. The van der Waals surface area contributed by atoms with Gasteiger partial charge in [-0.1, -0.05) is 78.5 Å². The minimum atomic E-state index is -3.86. The molecule has 0 radical (unpaired) electrons. The lowest BCUT2D eigenvalue weighted by molar-refractivity contribution is -0.140. The van der Waals surface area contributed by atoms with Gasteiger partial charge in [-0.05, 0) is 67.6 Å². The van der Waals surface area contributed by atoms with Crippen molar-refractivity contribution in [3.63, 3.8) is 0 Å². The Morgan fingerprint density at radius 3 is 2.17 bits per heavy atom. The molecule has 1 saturated carbocycles. The van der Waals surface area contributed by atoms with E-state index in [2.05, 4.69) is 5.32 Å². The average molecular weight is 631 g/mol. The highest BCUT2D eigenvalue weighted by atomic mass is 35.5. The Kier molecular flexibility index (Phi) is 10.6. The van der Waals surface area contributed by atoms with Crippen LogP contribution in [0.2, 0.25) is 10.0 Å². The summed E-state index contributed by atoms with van der Waals surface area (Å²) in [6.45, 7) is 3.25. The molecule has 2 amide bonds. The number of nitrogens with one attached hydrogen (secondary N) is 1. The van der Waals surface area contributed by atoms with Crippen molar-refractivity contribution in [2.24, 2.45) is 0 Å². The Balaban J connectivity index is 1.77. The SMILES string of the molecule is Cc1ccc(N(CC(=O)N(Cc2c(Cl)cccc2Cl)[C@@H](Cc2ccccc2)C(=O)NC2CCCC2)S(C)(=O)=O)cc1C. The summed E-state index contributed by atoms with van der Waals surface area (Å²) in [6.07, 6.45) is 5.12. The normalized spacial score (nSPS) is 14.4. The Morgan fingerprint density at radius 2 is 1.57 bits per heavy atom. The minimum absolute atomic E-state index is 0.0275. The standard InChI is InChI=1S/C32H37Cl2N3O4S/c1-22-16-17-26(18-23(22)2)37(42(3,40)41)21-31(38)36(20-27-28(33)14-9-15-29(27)34)30(19-24-10-5-4-6-11-24)32(39)35-25-12-7-8-13-25/h4-6,9-11,14-18,25,30H,7-8,12-13,19-21H2,1-3H3,(H,35,39)/t30-/m0/s1. The molecule has 1 fully saturated rings. The first-order valence-electron chi connectivity index (χ1n) is 14.1. The molecule has 42 heavy (non-hydrogen) atoms. The maximum Gasteiger partial charge on any atom is 0.244 e. The van der Waals surface area contributed by atoms with E-state index in [4.69, 9.17) is 23.2 Å². The molecule has 1 N–H and O–H groups in total. The van der Waals surface area contributed by atoms with E-state index in [0.717, 1.165) is 52.9 Å². The Morgan fingerprint density at radius 1 is 0.929 bits per heavy atom. The molecule has 0 unspecified atom stereocenters. The summed E-state index contributed by atoms with van der Waals surface area (Å²) in [5, 5.41) is 3.85. The topological polar surface area (TPSA) is 86.8 Å². The van der Waals surface area contributed by atoms with Crippen molar-refractivity contribution in [2.75, 3.05) is 17.1 Å². The first-order chi connectivity index (χ1) is 19.9. The number of nitrogens with zero attached hydrogens (tertiary/aromatic N) is 2. The molecular formula is C32H37Cl2N3O4S. The van der Waals surface area contributed by atoms with Gasteiger partial charge in [0.25, 0.3) is 0 Å². The van der Waals surface area contributed by atoms with Gasteiger partial charge in [0.15, 0.2) is 0 Å². The van der Waals surface area contributed by atoms with Crippen LogP contribution in [0, 0.1) is 13.8 Å². The van der Waals surface area contributed by atoms with E-state index in [0.29, 0.717) is 21.3 Å². The van der Waals surface area contributed by atoms with E-state index in [9.17, 15) is 18.0 Å². The van der Waals surface area contributed by atoms with E-state index in [-0.39, 0.29) is 24.9 Å². The van der Waals surface area contributed by atoms with E-state index in [1.54, 1.807) is 30.3 Å². The van der Waals surface area contributed by atoms with E-state index < -0.39 is 28.5 Å². The highest BCUT2D eigenvalue weighted by Gasteiger charge is 2.35. The smallest absolute Gasteiger partial charge is 0.244 e. The Labute approximate surface area is 258 Å². The maximum absolute atomic E-state index is 14.3. The second-order valence-electron chi connectivity index (χ2n) is 11.0. The number of hydrogen-bond donors (Lipinski definition) is 1. The highest BCUT2D eigenvalue weighted by Crippen LogP contribution is 2.29. The van der Waals surface area contributed by atoms with Crippen LogP contribution in [0.4, 0.5) is 5.69 Å². The zero-order valence-electron chi connectivity index (χ0n) is 24.1. The van der Waals surface area contributed by atoms with Gasteiger partial charge in [0, 0.05) is 34.6 Å². The summed E-state index contributed by atoms with van der Waals surface area (Å²) in [6, 6.07) is 18.8. The largest absolute Gasteiger partial charge is 0.352 e. The van der Waals surface area contributed by atoms with Gasteiger partial charge in [0.1, 0.15) is 12.6 Å². The third kappa shape index (κ3) is 8.06. The van der Waals surface area contributed by atoms with Crippen molar-refractivity contribution >= 4 is 50.7 Å². The number of rotatable bonds is 11. The predicted molar refractivity (Wildman–Crippen MR) is 169 cm³/mol. The quantitative estimate of drug-likeness (QED) is 0.279. The zero-order valence-corrected chi connectivity index (χ0v) is 26.5. The molecule has 0 aliphatic heterocycles. The van der Waals surface area contributed by atoms with E-state index in [1.807, 2.05) is 50.2 Å². The zero-order chi connectivity index (χ0) is 30.4. The van der Waals surface area contributed by atoms with Gasteiger partial charge in [-0.25, -0.2) is 8.42 Å². The molecule has 1 aliphatic carbocycles. The molecule has 7 nitrogen and oxygen atoms in total. The van der Waals surface area contributed by atoms with Crippen LogP contribution in [0.25, 0.3) is 0 Å². The van der Waals surface area contributed by atoms with Gasteiger partial charge < -0.3 is 10.2 Å². The second kappa shape index (κ2) is 13.9. The summed E-state index contributed by atoms with van der Waals surface area (Å²) < 4.78 is 27.1. The first-order valence-corrected chi connectivity index (χ1v) is 16.7. The van der Waals surface area contributed by atoms with Crippen molar-refractivity contribution in [1.82, 2.24) is 10.2 Å². The summed E-state index contributed by atoms with van der Waals surface area (Å²) >= 11 is 13.1. The molecule has 0 saturated heterocycles. The molecule has 0 aromatic heterocycles. The number of halogens is 2. The maximum atomic E-state index is 14.3. The second-order valence-corrected chi connectivity index (χ2v) is 13.7. The molecular weight excluding hydrogens is 593 g/mol. The lowest BCUT2D eigenvalue weighted by Crippen LogP contribution is -2.54. The van der Waals surface area contributed by atoms with Crippen molar-refractivity contribution in [2.45, 2.75) is 64.6 Å². The van der Waals surface area contributed by atoms with Gasteiger partial charge in [0.2, 0.25) is 21.8 Å². The Bertz CT molecular complexity index is 1510. The van der Waals surface area contributed by atoms with E-state index >= 15 is 0 Å². The summed E-state index contributed by atoms with van der Waals surface area (Å²) in [7, 11) is -3.86. The van der Waals surface area contributed by atoms with Crippen molar-refractivity contribution in [1.29, 1.82) is 0 Å². The van der Waals surface area contributed by atoms with Gasteiger partial charge in [0.05, 0.1) is 11.9 Å². The lowest BCUT2D eigenvalue weighted by atomic mass is 10.0. The number of aryl methyl sites for hydroxylation is 2. The molecule has 4 rings (SSSR count). The molecule has 0 heterocycles. The number of sulfonamides is 1. The van der Waals surface area contributed by atoms with Crippen LogP contribution < -0.4 is 9.62 Å². The number of amides is 2. The fourth-order valence-corrected chi connectivity index (χ4v) is 6.63. The molecule has 0 bridgehead atoms. The third-order valence-electron chi connectivity index (χ3n) is 7.82. The third-order valence-corrected chi connectivity index (χ3v) is 9.67. The van der Waals surface area contributed by atoms with Gasteiger partial charge >= 0.3 is 0 Å². The monoisotopic (exact) mass is 629 g/mol. The number of carbonyl (C=O) groups is 2. The summed E-state index contributed by atoms with van der Waals surface area (Å²) in [5.41, 5.74) is 3.62. The van der Waals surface area contributed by atoms with Gasteiger partial charge in [-0.2, -0.15) is 0 Å². The van der Waals surface area contributed by atoms with Crippen LogP contribution in [0.3, 0.4) is 0 Å². The molecule has 0 spiro atoms. The predicted octanol–water partition coefficient (Wildman–Crippen LogP) is 6.08. The average Bonchev–Trinajstić information content (AvgIpc) is 3.45. The van der Waals surface area contributed by atoms with Crippen LogP contribution in [-0.2, 0) is 32.6 Å². The van der Waals surface area contributed by atoms with Gasteiger partial charge in [-0.3, -0.25) is 13.9 Å². The number of carbonyl (C=O) groups excluding carboxylic acids is 2. The van der Waals surface area contributed by atoms with Crippen LogP contribution in [0.1, 0.15) is 47.9 Å². The van der Waals surface area contributed by atoms with Crippen molar-refractivity contribution in [3.8, 4) is 0 Å². The molecule has 10 heteroatoms. The van der Waals surface area contributed by atoms with Crippen LogP contribution in [0.5, 0.6) is 0 Å². The fraction of sp³-hybridized carbons (Fsp3) is 0.375. The lowest BCUT2D eigenvalue weighted by Gasteiger charge is -2.34. The Hall–Kier alpha value is -3.07. The highest BCUT2D eigenvalue weighted by molar-refractivity contribution is 7.92. The fourth-order valence-electron chi connectivity index (χ4n) is 5.27. The number of anilines is 1. The first kappa shape index (κ1) is 31.9.